The number of aromatic hydroxyl groups is 1. The van der Waals surface area contributed by atoms with Crippen molar-refractivity contribution >= 4 is 0 Å². The highest BCUT2D eigenvalue weighted by Gasteiger charge is 2.34. The van der Waals surface area contributed by atoms with Gasteiger partial charge in [-0.15, -0.1) is 0 Å². The average molecular weight is 246 g/mol. The molecule has 0 bridgehead atoms. The molecule has 0 radical (unpaired) electrons. The summed E-state index contributed by atoms with van der Waals surface area (Å²) in [6.07, 6.45) is 2.64. The zero-order chi connectivity index (χ0) is 12.5. The molecule has 1 aromatic carbocycles. The molecule has 2 unspecified atom stereocenters. The van der Waals surface area contributed by atoms with Gasteiger partial charge in [0, 0.05) is 24.7 Å². The van der Waals surface area contributed by atoms with Crippen LogP contribution in [0.1, 0.15) is 24.0 Å². The summed E-state index contributed by atoms with van der Waals surface area (Å²) in [4.78, 5) is 2.54. The summed E-state index contributed by atoms with van der Waals surface area (Å²) in [5.74, 6) is 1.25. The maximum atomic E-state index is 9.96. The van der Waals surface area contributed by atoms with Crippen molar-refractivity contribution < 1.29 is 5.11 Å². The van der Waals surface area contributed by atoms with Gasteiger partial charge in [-0.3, -0.25) is 4.90 Å². The average Bonchev–Trinajstić information content (AvgIpc) is 2.83. The second-order valence-electron chi connectivity index (χ2n) is 5.73. The van der Waals surface area contributed by atoms with E-state index in [0.29, 0.717) is 11.8 Å². The molecule has 0 saturated carbocycles. The first-order valence-electron chi connectivity index (χ1n) is 6.97. The highest BCUT2D eigenvalue weighted by molar-refractivity contribution is 5.35. The van der Waals surface area contributed by atoms with E-state index in [4.69, 9.17) is 0 Å². The minimum absolute atomic E-state index is 0.439. The summed E-state index contributed by atoms with van der Waals surface area (Å²) < 4.78 is 0. The fourth-order valence-electron chi connectivity index (χ4n) is 3.42. The number of nitrogens with zero attached hydrogens (tertiary/aromatic N) is 1. The molecular formula is C15H22N2O. The summed E-state index contributed by atoms with van der Waals surface area (Å²) in [5.41, 5.74) is 2.29. The Bertz CT molecular complexity index is 433. The first-order valence-corrected chi connectivity index (χ1v) is 6.97. The number of phenols is 1. The van der Waals surface area contributed by atoms with E-state index in [0.717, 1.165) is 31.1 Å². The number of hydrogen-bond acceptors (Lipinski definition) is 3. The molecular weight excluding hydrogens is 224 g/mol. The summed E-state index contributed by atoms with van der Waals surface area (Å²) in [7, 11) is 0. The second-order valence-corrected chi connectivity index (χ2v) is 5.73. The molecule has 0 aliphatic carbocycles. The van der Waals surface area contributed by atoms with Gasteiger partial charge in [-0.2, -0.15) is 0 Å². The Morgan fingerprint density at radius 2 is 2.28 bits per heavy atom. The van der Waals surface area contributed by atoms with Crippen LogP contribution in [0.15, 0.2) is 18.2 Å². The molecule has 18 heavy (non-hydrogen) atoms. The van der Waals surface area contributed by atoms with Crippen molar-refractivity contribution in [2.24, 2.45) is 5.92 Å². The van der Waals surface area contributed by atoms with E-state index >= 15 is 0 Å². The topological polar surface area (TPSA) is 35.5 Å². The van der Waals surface area contributed by atoms with Crippen LogP contribution in [0.5, 0.6) is 5.75 Å². The van der Waals surface area contributed by atoms with Crippen LogP contribution in [0.2, 0.25) is 0 Å². The third-order valence-corrected chi connectivity index (χ3v) is 4.40. The quantitative estimate of drug-likeness (QED) is 0.836. The molecule has 2 aliphatic heterocycles. The lowest BCUT2D eigenvalue weighted by Crippen LogP contribution is -2.44. The predicted octanol–water partition coefficient (Wildman–Crippen LogP) is 1.88. The standard InChI is InChI=1S/C15H22N2O/c1-11-4-5-15(18)13(7-11)10-17-6-2-3-12-8-16-9-14(12)17/h4-5,7,12,14,16,18H,2-3,6,8-10H2,1H3. The van der Waals surface area contributed by atoms with Crippen LogP contribution in [0.4, 0.5) is 0 Å². The summed E-state index contributed by atoms with van der Waals surface area (Å²) in [5, 5.41) is 13.5. The number of hydrogen-bond donors (Lipinski definition) is 2. The molecule has 2 heterocycles. The SMILES string of the molecule is Cc1ccc(O)c(CN2CCCC3CNCC32)c1. The lowest BCUT2D eigenvalue weighted by molar-refractivity contribution is 0.116. The minimum atomic E-state index is 0.439. The second kappa shape index (κ2) is 4.90. The lowest BCUT2D eigenvalue weighted by atomic mass is 9.91. The van der Waals surface area contributed by atoms with Crippen molar-refractivity contribution in [3.05, 3.63) is 29.3 Å². The number of phenolic OH excluding ortho intramolecular Hbond substituents is 1. The molecule has 98 valence electrons. The van der Waals surface area contributed by atoms with Gasteiger partial charge in [-0.1, -0.05) is 17.7 Å². The Balaban J connectivity index is 1.77. The highest BCUT2D eigenvalue weighted by Crippen LogP contribution is 2.29. The first kappa shape index (κ1) is 12.0. The normalized spacial score (nSPS) is 28.3. The molecule has 2 N–H and O–H groups in total. The van der Waals surface area contributed by atoms with E-state index in [1.165, 1.54) is 24.9 Å². The van der Waals surface area contributed by atoms with Crippen molar-refractivity contribution in [2.45, 2.75) is 32.4 Å². The molecule has 3 rings (SSSR count). The van der Waals surface area contributed by atoms with E-state index in [9.17, 15) is 5.11 Å². The predicted molar refractivity (Wildman–Crippen MR) is 72.6 cm³/mol. The number of piperidine rings is 1. The number of nitrogens with one attached hydrogen (secondary N) is 1. The van der Waals surface area contributed by atoms with Gasteiger partial charge in [0.05, 0.1) is 0 Å². The zero-order valence-electron chi connectivity index (χ0n) is 11.0. The molecule has 3 nitrogen and oxygen atoms in total. The molecule has 1 aromatic rings. The van der Waals surface area contributed by atoms with Crippen LogP contribution in [0, 0.1) is 12.8 Å². The maximum absolute atomic E-state index is 9.96. The Labute approximate surface area is 109 Å². The molecule has 2 fully saturated rings. The fraction of sp³-hybridized carbons (Fsp3) is 0.600. The number of aryl methyl sites for hydroxylation is 1. The van der Waals surface area contributed by atoms with E-state index in [1.54, 1.807) is 0 Å². The van der Waals surface area contributed by atoms with Gasteiger partial charge < -0.3 is 10.4 Å². The van der Waals surface area contributed by atoms with E-state index < -0.39 is 0 Å². The smallest absolute Gasteiger partial charge is 0.120 e. The Kier molecular flexibility index (Phi) is 3.27. The summed E-state index contributed by atoms with van der Waals surface area (Å²) in [6, 6.07) is 6.56. The molecule has 0 spiro atoms. The molecule has 0 aromatic heterocycles. The van der Waals surface area contributed by atoms with Crippen LogP contribution in [0.25, 0.3) is 0 Å². The molecule has 2 aliphatic rings. The number of fused-ring (bicyclic) bond motifs is 1. The Hall–Kier alpha value is -1.06. The van der Waals surface area contributed by atoms with Crippen LogP contribution in [-0.4, -0.2) is 35.7 Å². The fourth-order valence-corrected chi connectivity index (χ4v) is 3.42. The van der Waals surface area contributed by atoms with E-state index in [1.807, 2.05) is 12.1 Å². The third kappa shape index (κ3) is 2.25. The van der Waals surface area contributed by atoms with Gasteiger partial charge >= 0.3 is 0 Å². The monoisotopic (exact) mass is 246 g/mol. The Morgan fingerprint density at radius 3 is 3.17 bits per heavy atom. The summed E-state index contributed by atoms with van der Waals surface area (Å²) >= 11 is 0. The maximum Gasteiger partial charge on any atom is 0.120 e. The van der Waals surface area contributed by atoms with Crippen molar-refractivity contribution in [1.29, 1.82) is 0 Å². The largest absolute Gasteiger partial charge is 0.508 e. The van der Waals surface area contributed by atoms with Crippen LogP contribution in [0.3, 0.4) is 0 Å². The number of likely N-dealkylation sites (tertiary alicyclic amines) is 1. The minimum Gasteiger partial charge on any atom is -0.508 e. The van der Waals surface area contributed by atoms with Crippen molar-refractivity contribution in [3.8, 4) is 5.75 Å². The van der Waals surface area contributed by atoms with Gasteiger partial charge in [0.15, 0.2) is 0 Å². The van der Waals surface area contributed by atoms with Gasteiger partial charge in [-0.05, 0) is 44.8 Å². The number of benzene rings is 1. The molecule has 2 saturated heterocycles. The van der Waals surface area contributed by atoms with Gasteiger partial charge in [0.2, 0.25) is 0 Å². The molecule has 0 amide bonds. The van der Waals surface area contributed by atoms with Gasteiger partial charge in [0.1, 0.15) is 5.75 Å². The van der Waals surface area contributed by atoms with Gasteiger partial charge in [-0.25, -0.2) is 0 Å². The number of rotatable bonds is 2. The molecule has 3 heteroatoms. The highest BCUT2D eigenvalue weighted by atomic mass is 16.3. The van der Waals surface area contributed by atoms with Crippen LogP contribution < -0.4 is 5.32 Å². The van der Waals surface area contributed by atoms with Crippen LogP contribution in [-0.2, 0) is 6.54 Å². The van der Waals surface area contributed by atoms with E-state index in [2.05, 4.69) is 23.2 Å². The van der Waals surface area contributed by atoms with E-state index in [-0.39, 0.29) is 0 Å². The third-order valence-electron chi connectivity index (χ3n) is 4.40. The summed E-state index contributed by atoms with van der Waals surface area (Å²) in [6.45, 7) is 6.41. The van der Waals surface area contributed by atoms with Crippen molar-refractivity contribution in [2.75, 3.05) is 19.6 Å². The van der Waals surface area contributed by atoms with Crippen molar-refractivity contribution in [1.82, 2.24) is 10.2 Å². The van der Waals surface area contributed by atoms with Crippen molar-refractivity contribution in [3.63, 3.8) is 0 Å². The lowest BCUT2D eigenvalue weighted by Gasteiger charge is -2.37. The first-order chi connectivity index (χ1) is 8.74. The van der Waals surface area contributed by atoms with Crippen LogP contribution >= 0.6 is 0 Å². The zero-order valence-corrected chi connectivity index (χ0v) is 11.0. The molecule has 2 atom stereocenters. The van der Waals surface area contributed by atoms with Gasteiger partial charge in [0.25, 0.3) is 0 Å². The Morgan fingerprint density at radius 1 is 1.39 bits per heavy atom.